The normalized spacial score (nSPS) is 33.2. The van der Waals surface area contributed by atoms with Crippen molar-refractivity contribution < 1.29 is 19.4 Å². The van der Waals surface area contributed by atoms with Crippen molar-refractivity contribution in [3.63, 3.8) is 0 Å². The lowest BCUT2D eigenvalue weighted by Gasteiger charge is -2.38. The van der Waals surface area contributed by atoms with Crippen LogP contribution in [0.25, 0.3) is 0 Å². The minimum absolute atomic E-state index is 0.0365. The number of hydrogen-bond donors (Lipinski definition) is 2. The lowest BCUT2D eigenvalue weighted by atomic mass is 10.1. The van der Waals surface area contributed by atoms with Gasteiger partial charge in [-0.25, -0.2) is 4.79 Å². The van der Waals surface area contributed by atoms with Crippen LogP contribution in [0.4, 0.5) is 4.79 Å². The van der Waals surface area contributed by atoms with Crippen LogP contribution in [0.1, 0.15) is 26.7 Å². The Morgan fingerprint density at radius 3 is 2.80 bits per heavy atom. The summed E-state index contributed by atoms with van der Waals surface area (Å²) in [5.41, 5.74) is 0. The zero-order chi connectivity index (χ0) is 14.7. The minimum Gasteiger partial charge on any atom is -0.481 e. The number of carbonyl (C=O) groups is 2. The van der Waals surface area contributed by atoms with Crippen molar-refractivity contribution in [2.24, 2.45) is 5.92 Å². The van der Waals surface area contributed by atoms with Gasteiger partial charge in [0.2, 0.25) is 0 Å². The lowest BCUT2D eigenvalue weighted by molar-refractivity contribution is -0.140. The summed E-state index contributed by atoms with van der Waals surface area (Å²) in [5.74, 6) is -1.34. The first-order valence-electron chi connectivity index (χ1n) is 7.11. The van der Waals surface area contributed by atoms with Crippen molar-refractivity contribution in [2.45, 2.75) is 44.9 Å². The van der Waals surface area contributed by atoms with Crippen LogP contribution in [-0.2, 0) is 9.53 Å². The number of nitrogens with one attached hydrogen (secondary N) is 1. The number of carboxylic acid groups (broad SMARTS) is 1. The fourth-order valence-corrected chi connectivity index (χ4v) is 2.66. The second-order valence-corrected chi connectivity index (χ2v) is 5.48. The topological polar surface area (TPSA) is 78.9 Å². The molecule has 2 rings (SSSR count). The number of hydrogen-bond acceptors (Lipinski definition) is 3. The van der Waals surface area contributed by atoms with Crippen molar-refractivity contribution in [1.29, 1.82) is 0 Å². The first kappa shape index (κ1) is 14.8. The molecular weight excluding hydrogens is 260 g/mol. The van der Waals surface area contributed by atoms with E-state index in [-0.39, 0.29) is 24.2 Å². The molecule has 0 aromatic heterocycles. The SMILES string of the molecule is CCC1COC(C)CN1C(=O)NC1C=CC(C(=O)O)C1. The summed E-state index contributed by atoms with van der Waals surface area (Å²) in [6, 6.07) is -0.237. The first-order chi connectivity index (χ1) is 9.51. The molecule has 2 N–H and O–H groups in total. The number of rotatable bonds is 3. The van der Waals surface area contributed by atoms with Crippen LogP contribution in [0.2, 0.25) is 0 Å². The van der Waals surface area contributed by atoms with Crippen molar-refractivity contribution in [2.75, 3.05) is 13.2 Å². The maximum atomic E-state index is 12.3. The van der Waals surface area contributed by atoms with E-state index in [1.54, 1.807) is 17.1 Å². The highest BCUT2D eigenvalue weighted by Crippen LogP contribution is 2.19. The van der Waals surface area contributed by atoms with Crippen LogP contribution in [0, 0.1) is 5.92 Å². The Kier molecular flexibility index (Phi) is 4.65. The molecule has 112 valence electrons. The third-order valence-electron chi connectivity index (χ3n) is 3.91. The van der Waals surface area contributed by atoms with E-state index in [4.69, 9.17) is 9.84 Å². The molecule has 4 atom stereocenters. The number of ether oxygens (including phenoxy) is 1. The maximum Gasteiger partial charge on any atom is 0.318 e. The van der Waals surface area contributed by atoms with Crippen LogP contribution in [-0.4, -0.2) is 53.3 Å². The summed E-state index contributed by atoms with van der Waals surface area (Å²) < 4.78 is 5.57. The van der Waals surface area contributed by atoms with Crippen molar-refractivity contribution in [3.05, 3.63) is 12.2 Å². The minimum atomic E-state index is -0.843. The van der Waals surface area contributed by atoms with Gasteiger partial charge < -0.3 is 20.1 Å². The van der Waals surface area contributed by atoms with E-state index >= 15 is 0 Å². The molecule has 0 aromatic carbocycles. The Balaban J connectivity index is 1.91. The molecule has 1 aliphatic carbocycles. The summed E-state index contributed by atoms with van der Waals surface area (Å²) in [4.78, 5) is 25.0. The van der Waals surface area contributed by atoms with E-state index < -0.39 is 11.9 Å². The molecule has 0 radical (unpaired) electrons. The predicted octanol–water partition coefficient (Wildman–Crippen LogP) is 1.22. The molecule has 4 unspecified atom stereocenters. The van der Waals surface area contributed by atoms with Crippen LogP contribution >= 0.6 is 0 Å². The average Bonchev–Trinajstić information content (AvgIpc) is 2.87. The van der Waals surface area contributed by atoms with Crippen LogP contribution in [0.3, 0.4) is 0 Å². The highest BCUT2D eigenvalue weighted by Gasteiger charge is 2.32. The number of aliphatic carboxylic acids is 1. The maximum absolute atomic E-state index is 12.3. The van der Waals surface area contributed by atoms with Crippen molar-refractivity contribution in [3.8, 4) is 0 Å². The third kappa shape index (κ3) is 3.30. The average molecular weight is 282 g/mol. The van der Waals surface area contributed by atoms with E-state index in [9.17, 15) is 9.59 Å². The van der Waals surface area contributed by atoms with E-state index in [1.807, 2.05) is 13.8 Å². The zero-order valence-corrected chi connectivity index (χ0v) is 11.9. The van der Waals surface area contributed by atoms with Gasteiger partial charge in [-0.15, -0.1) is 0 Å². The summed E-state index contributed by atoms with van der Waals surface area (Å²) in [6.07, 6.45) is 4.72. The molecule has 2 amide bonds. The van der Waals surface area contributed by atoms with Crippen LogP contribution < -0.4 is 5.32 Å². The van der Waals surface area contributed by atoms with Gasteiger partial charge in [0, 0.05) is 6.54 Å². The number of amides is 2. The lowest BCUT2D eigenvalue weighted by Crippen LogP contribution is -2.55. The molecule has 0 aromatic rings. The Hall–Kier alpha value is -1.56. The molecule has 6 heteroatoms. The van der Waals surface area contributed by atoms with Gasteiger partial charge in [-0.05, 0) is 19.8 Å². The van der Waals surface area contributed by atoms with Gasteiger partial charge in [-0.2, -0.15) is 0 Å². The van der Waals surface area contributed by atoms with Crippen LogP contribution in [0.15, 0.2) is 12.2 Å². The zero-order valence-electron chi connectivity index (χ0n) is 11.9. The first-order valence-corrected chi connectivity index (χ1v) is 7.11. The van der Waals surface area contributed by atoms with E-state index in [0.29, 0.717) is 19.6 Å². The quantitative estimate of drug-likeness (QED) is 0.763. The highest BCUT2D eigenvalue weighted by molar-refractivity contribution is 5.77. The molecule has 2 aliphatic rings. The van der Waals surface area contributed by atoms with Gasteiger partial charge in [0.05, 0.1) is 30.7 Å². The van der Waals surface area contributed by atoms with Crippen LogP contribution in [0.5, 0.6) is 0 Å². The van der Waals surface area contributed by atoms with Gasteiger partial charge in [-0.1, -0.05) is 19.1 Å². The Bertz CT molecular complexity index is 410. The van der Waals surface area contributed by atoms with E-state index in [0.717, 1.165) is 6.42 Å². The molecule has 0 saturated carbocycles. The Labute approximate surface area is 118 Å². The largest absolute Gasteiger partial charge is 0.481 e. The molecule has 1 saturated heterocycles. The number of carbonyl (C=O) groups excluding carboxylic acids is 1. The monoisotopic (exact) mass is 282 g/mol. The molecule has 6 nitrogen and oxygen atoms in total. The Morgan fingerprint density at radius 1 is 1.45 bits per heavy atom. The third-order valence-corrected chi connectivity index (χ3v) is 3.91. The summed E-state index contributed by atoms with van der Waals surface area (Å²) in [5, 5.41) is 11.8. The molecule has 1 fully saturated rings. The fraction of sp³-hybridized carbons (Fsp3) is 0.714. The van der Waals surface area contributed by atoms with Gasteiger partial charge in [0.15, 0.2) is 0 Å². The molecule has 0 spiro atoms. The second-order valence-electron chi connectivity index (χ2n) is 5.48. The molecule has 1 aliphatic heterocycles. The second kappa shape index (κ2) is 6.26. The standard InChI is InChI=1S/C14H22N2O4/c1-3-12-8-20-9(2)7-16(12)14(19)15-11-5-4-10(6-11)13(17)18/h4-5,9-12H,3,6-8H2,1-2H3,(H,15,19)(H,17,18). The number of carboxylic acids is 1. The Morgan fingerprint density at radius 2 is 2.20 bits per heavy atom. The predicted molar refractivity (Wildman–Crippen MR) is 73.4 cm³/mol. The fourth-order valence-electron chi connectivity index (χ4n) is 2.66. The van der Waals surface area contributed by atoms with Gasteiger partial charge >= 0.3 is 12.0 Å². The van der Waals surface area contributed by atoms with Crippen molar-refractivity contribution >= 4 is 12.0 Å². The van der Waals surface area contributed by atoms with E-state index in [1.165, 1.54) is 0 Å². The summed E-state index contributed by atoms with van der Waals surface area (Å²) in [7, 11) is 0. The van der Waals surface area contributed by atoms with Gasteiger partial charge in [0.25, 0.3) is 0 Å². The highest BCUT2D eigenvalue weighted by atomic mass is 16.5. The van der Waals surface area contributed by atoms with Crippen molar-refractivity contribution in [1.82, 2.24) is 10.2 Å². The molecule has 0 bridgehead atoms. The number of nitrogens with zero attached hydrogens (tertiary/aromatic N) is 1. The smallest absolute Gasteiger partial charge is 0.318 e. The van der Waals surface area contributed by atoms with E-state index in [2.05, 4.69) is 5.32 Å². The molecule has 20 heavy (non-hydrogen) atoms. The number of urea groups is 1. The van der Waals surface area contributed by atoms with Gasteiger partial charge in [-0.3, -0.25) is 4.79 Å². The molecular formula is C14H22N2O4. The summed E-state index contributed by atoms with van der Waals surface area (Å²) >= 11 is 0. The summed E-state index contributed by atoms with van der Waals surface area (Å²) in [6.45, 7) is 5.11. The molecule has 1 heterocycles. The number of morpholine rings is 1. The van der Waals surface area contributed by atoms with Gasteiger partial charge in [0.1, 0.15) is 0 Å².